The van der Waals surface area contributed by atoms with Gasteiger partial charge in [-0.2, -0.15) is 0 Å². The molecule has 0 unspecified atom stereocenters. The van der Waals surface area contributed by atoms with Crippen molar-refractivity contribution in [3.63, 3.8) is 0 Å². The number of thiazole rings is 1. The van der Waals surface area contributed by atoms with Crippen LogP contribution >= 0.6 is 11.3 Å². The van der Waals surface area contributed by atoms with E-state index in [4.69, 9.17) is 4.42 Å². The Morgan fingerprint density at radius 2 is 2.22 bits per heavy atom. The summed E-state index contributed by atoms with van der Waals surface area (Å²) < 4.78 is 6.40. The normalized spacial score (nSPS) is 14.9. The molecule has 1 saturated heterocycles. The summed E-state index contributed by atoms with van der Waals surface area (Å²) in [5, 5.41) is 11.4. The summed E-state index contributed by atoms with van der Waals surface area (Å²) in [5.74, 6) is 0.919. The van der Waals surface area contributed by atoms with Crippen molar-refractivity contribution >= 4 is 32.6 Å². The fourth-order valence-electron chi connectivity index (χ4n) is 2.51. The molecule has 1 aliphatic heterocycles. The highest BCUT2D eigenvalue weighted by molar-refractivity contribution is 7.22. The van der Waals surface area contributed by atoms with Gasteiger partial charge in [0, 0.05) is 20.0 Å². The fourth-order valence-corrected chi connectivity index (χ4v) is 3.50. The Morgan fingerprint density at radius 3 is 2.96 bits per heavy atom. The third kappa shape index (κ3) is 2.77. The maximum absolute atomic E-state index is 12.1. The van der Waals surface area contributed by atoms with E-state index in [1.165, 1.54) is 4.70 Å². The van der Waals surface area contributed by atoms with Crippen LogP contribution in [0.2, 0.25) is 0 Å². The lowest BCUT2D eigenvalue weighted by Crippen LogP contribution is -2.53. The molecule has 23 heavy (non-hydrogen) atoms. The van der Waals surface area contributed by atoms with Crippen molar-refractivity contribution in [2.24, 2.45) is 5.92 Å². The second-order valence-corrected chi connectivity index (χ2v) is 6.51. The first-order valence-corrected chi connectivity index (χ1v) is 8.18. The molecule has 0 aliphatic carbocycles. The molecule has 0 saturated carbocycles. The third-order valence-corrected chi connectivity index (χ3v) is 4.88. The van der Waals surface area contributed by atoms with Gasteiger partial charge in [-0.15, -0.1) is 10.2 Å². The molecule has 118 valence electrons. The summed E-state index contributed by atoms with van der Waals surface area (Å²) in [6, 6.07) is 8.06. The minimum atomic E-state index is -0.0222. The van der Waals surface area contributed by atoms with Crippen LogP contribution in [0.3, 0.4) is 0 Å². The van der Waals surface area contributed by atoms with Crippen molar-refractivity contribution < 1.29 is 9.21 Å². The van der Waals surface area contributed by atoms with Crippen LogP contribution in [0.5, 0.6) is 0 Å². The van der Waals surface area contributed by atoms with Crippen LogP contribution in [0, 0.1) is 12.8 Å². The Hall–Kier alpha value is -2.48. The first kappa shape index (κ1) is 14.1. The summed E-state index contributed by atoms with van der Waals surface area (Å²) in [7, 11) is 0. The zero-order valence-electron chi connectivity index (χ0n) is 12.5. The van der Waals surface area contributed by atoms with Crippen LogP contribution in [-0.2, 0) is 11.3 Å². The molecular formula is C15H15N5O2S. The number of hydrogen-bond acceptors (Lipinski definition) is 7. The minimum absolute atomic E-state index is 0.0122. The molecule has 3 heterocycles. The molecule has 1 aromatic carbocycles. The van der Waals surface area contributed by atoms with E-state index < -0.39 is 0 Å². The van der Waals surface area contributed by atoms with Gasteiger partial charge in [0.05, 0.1) is 22.7 Å². The topological polar surface area (TPSA) is 84.2 Å². The van der Waals surface area contributed by atoms with Gasteiger partial charge in [0.15, 0.2) is 5.13 Å². The highest BCUT2D eigenvalue weighted by atomic mass is 32.1. The highest BCUT2D eigenvalue weighted by Crippen LogP contribution is 2.32. The quantitative estimate of drug-likeness (QED) is 0.785. The smallest absolute Gasteiger partial charge is 0.235 e. The van der Waals surface area contributed by atoms with E-state index in [-0.39, 0.29) is 18.4 Å². The summed E-state index contributed by atoms with van der Waals surface area (Å²) in [5.41, 5.74) is 1.01. The number of fused-ring (bicyclic) bond motifs is 1. The molecule has 1 N–H and O–H groups in total. The van der Waals surface area contributed by atoms with E-state index in [1.807, 2.05) is 18.2 Å². The van der Waals surface area contributed by atoms with Gasteiger partial charge in [-0.3, -0.25) is 4.79 Å². The molecule has 4 rings (SSSR count). The number of benzene rings is 1. The Bertz CT molecular complexity index is 819. The van der Waals surface area contributed by atoms with Crippen molar-refractivity contribution in [2.75, 3.05) is 18.0 Å². The predicted octanol–water partition coefficient (Wildman–Crippen LogP) is 1.74. The molecular weight excluding hydrogens is 314 g/mol. The van der Waals surface area contributed by atoms with E-state index in [0.717, 1.165) is 10.6 Å². The number of carbonyl (C=O) groups is 1. The zero-order valence-corrected chi connectivity index (χ0v) is 13.3. The van der Waals surface area contributed by atoms with Crippen molar-refractivity contribution in [1.29, 1.82) is 0 Å². The van der Waals surface area contributed by atoms with Crippen molar-refractivity contribution in [3.05, 3.63) is 36.0 Å². The number of anilines is 1. The highest BCUT2D eigenvalue weighted by Gasteiger charge is 2.34. The summed E-state index contributed by atoms with van der Waals surface area (Å²) in [6.07, 6.45) is 0. The van der Waals surface area contributed by atoms with E-state index >= 15 is 0 Å². The van der Waals surface area contributed by atoms with E-state index in [2.05, 4.69) is 31.5 Å². The van der Waals surface area contributed by atoms with Crippen LogP contribution in [0.4, 0.5) is 5.13 Å². The van der Waals surface area contributed by atoms with Gasteiger partial charge in [0.2, 0.25) is 17.7 Å². The molecule has 0 radical (unpaired) electrons. The van der Waals surface area contributed by atoms with Gasteiger partial charge in [-0.25, -0.2) is 4.98 Å². The number of para-hydroxylation sites is 1. The monoisotopic (exact) mass is 329 g/mol. The van der Waals surface area contributed by atoms with Crippen LogP contribution in [0.15, 0.2) is 28.7 Å². The molecule has 0 atom stereocenters. The number of aryl methyl sites for hydroxylation is 1. The lowest BCUT2D eigenvalue weighted by Gasteiger charge is -2.37. The first-order chi connectivity index (χ1) is 11.2. The number of carbonyl (C=O) groups excluding carboxylic acids is 1. The van der Waals surface area contributed by atoms with Crippen LogP contribution in [-0.4, -0.2) is 34.2 Å². The third-order valence-electron chi connectivity index (χ3n) is 3.79. The second-order valence-electron chi connectivity index (χ2n) is 5.50. The summed E-state index contributed by atoms with van der Waals surface area (Å²) >= 11 is 1.66. The molecule has 3 aromatic rings. The molecule has 1 fully saturated rings. The first-order valence-electron chi connectivity index (χ1n) is 7.36. The molecule has 0 spiro atoms. The maximum Gasteiger partial charge on any atom is 0.235 e. The molecule has 2 aromatic heterocycles. The molecule has 1 amide bonds. The lowest BCUT2D eigenvalue weighted by molar-refractivity contribution is -0.126. The number of nitrogens with one attached hydrogen (secondary N) is 1. The number of nitrogens with zero attached hydrogens (tertiary/aromatic N) is 4. The summed E-state index contributed by atoms with van der Waals surface area (Å²) in [6.45, 7) is 3.38. The van der Waals surface area contributed by atoms with Crippen LogP contribution < -0.4 is 10.2 Å². The van der Waals surface area contributed by atoms with E-state index in [9.17, 15) is 4.79 Å². The predicted molar refractivity (Wildman–Crippen MR) is 86.2 cm³/mol. The molecule has 1 aliphatic rings. The van der Waals surface area contributed by atoms with Crippen molar-refractivity contribution in [2.45, 2.75) is 13.5 Å². The Morgan fingerprint density at radius 1 is 1.39 bits per heavy atom. The van der Waals surface area contributed by atoms with Crippen LogP contribution in [0.25, 0.3) is 10.2 Å². The van der Waals surface area contributed by atoms with Gasteiger partial charge in [-0.05, 0) is 12.1 Å². The Labute approximate surface area is 136 Å². The van der Waals surface area contributed by atoms with Gasteiger partial charge in [-0.1, -0.05) is 23.5 Å². The molecule has 8 heteroatoms. The Balaban J connectivity index is 1.32. The average molecular weight is 329 g/mol. The van der Waals surface area contributed by atoms with Crippen molar-refractivity contribution in [3.8, 4) is 0 Å². The van der Waals surface area contributed by atoms with Crippen molar-refractivity contribution in [1.82, 2.24) is 20.5 Å². The molecule has 7 nitrogen and oxygen atoms in total. The average Bonchev–Trinajstić information content (AvgIpc) is 3.09. The van der Waals surface area contributed by atoms with Gasteiger partial charge >= 0.3 is 0 Å². The maximum atomic E-state index is 12.1. The number of rotatable bonds is 4. The van der Waals surface area contributed by atoms with Gasteiger partial charge in [0.25, 0.3) is 0 Å². The SMILES string of the molecule is Cc1nnc(CNC(=O)C2CN(c3nc4ccccc4s3)C2)o1. The molecule has 0 bridgehead atoms. The zero-order chi connectivity index (χ0) is 15.8. The van der Waals surface area contributed by atoms with E-state index in [0.29, 0.717) is 24.9 Å². The number of amides is 1. The Kier molecular flexibility index (Phi) is 3.45. The van der Waals surface area contributed by atoms with Crippen LogP contribution in [0.1, 0.15) is 11.8 Å². The fraction of sp³-hybridized carbons (Fsp3) is 0.333. The summed E-state index contributed by atoms with van der Waals surface area (Å²) in [4.78, 5) is 18.8. The standard InChI is InChI=1S/C15H15N5O2S/c1-9-18-19-13(22-9)6-16-14(21)10-7-20(8-10)15-17-11-4-2-3-5-12(11)23-15/h2-5,10H,6-8H2,1H3,(H,16,21). The minimum Gasteiger partial charge on any atom is -0.424 e. The lowest BCUT2D eigenvalue weighted by atomic mass is 10.0. The van der Waals surface area contributed by atoms with Gasteiger partial charge in [0.1, 0.15) is 0 Å². The number of hydrogen-bond donors (Lipinski definition) is 1. The number of aromatic nitrogens is 3. The van der Waals surface area contributed by atoms with E-state index in [1.54, 1.807) is 18.3 Å². The van der Waals surface area contributed by atoms with Gasteiger partial charge < -0.3 is 14.6 Å². The largest absolute Gasteiger partial charge is 0.424 e. The second kappa shape index (κ2) is 5.62.